The molecule has 19 heavy (non-hydrogen) atoms. The second-order valence-electron chi connectivity index (χ2n) is 5.11. The van der Waals surface area contributed by atoms with Gasteiger partial charge in [-0.25, -0.2) is 4.79 Å². The number of hydrogen-bond donors (Lipinski definition) is 2. The molecule has 0 spiro atoms. The van der Waals surface area contributed by atoms with Crippen molar-refractivity contribution in [1.82, 2.24) is 4.90 Å². The van der Waals surface area contributed by atoms with Gasteiger partial charge < -0.3 is 15.7 Å². The van der Waals surface area contributed by atoms with Gasteiger partial charge in [0, 0.05) is 17.8 Å². The molecule has 0 radical (unpaired) electrons. The van der Waals surface area contributed by atoms with Crippen molar-refractivity contribution in [1.29, 1.82) is 0 Å². The molecule has 0 aromatic heterocycles. The van der Waals surface area contributed by atoms with Gasteiger partial charge in [-0.2, -0.15) is 0 Å². The number of rotatable bonds is 2. The monoisotopic (exact) mass is 264 g/mol. The molecular weight excluding hydrogens is 244 g/mol. The molecular formula is C14H20N2O3. The number of nitrogens with zero attached hydrogens (tertiary/aromatic N) is 1. The highest BCUT2D eigenvalue weighted by Gasteiger charge is 2.33. The van der Waals surface area contributed by atoms with Crippen LogP contribution in [0.2, 0.25) is 0 Å². The maximum absolute atomic E-state index is 12.5. The summed E-state index contributed by atoms with van der Waals surface area (Å²) in [7, 11) is 0. The van der Waals surface area contributed by atoms with E-state index in [9.17, 15) is 14.7 Å². The fraction of sp³-hybridized carbons (Fsp3) is 0.571. The molecule has 2 aliphatic rings. The largest absolute Gasteiger partial charge is 0.480 e. The molecule has 5 nitrogen and oxygen atoms in total. The van der Waals surface area contributed by atoms with Crippen LogP contribution < -0.4 is 5.73 Å². The summed E-state index contributed by atoms with van der Waals surface area (Å²) >= 11 is 0. The lowest BCUT2D eigenvalue weighted by Crippen LogP contribution is -2.48. The molecule has 1 aliphatic carbocycles. The van der Waals surface area contributed by atoms with Gasteiger partial charge in [0.15, 0.2) is 0 Å². The van der Waals surface area contributed by atoms with Gasteiger partial charge >= 0.3 is 5.97 Å². The summed E-state index contributed by atoms with van der Waals surface area (Å²) < 4.78 is 0. The molecule has 1 fully saturated rings. The molecule has 1 unspecified atom stereocenters. The number of nitrogens with two attached hydrogens (primary N) is 1. The lowest BCUT2D eigenvalue weighted by Gasteiger charge is -2.33. The molecule has 0 aromatic rings. The molecule has 2 rings (SSSR count). The average Bonchev–Trinajstić information content (AvgIpc) is 2.62. The lowest BCUT2D eigenvalue weighted by atomic mass is 9.99. The van der Waals surface area contributed by atoms with Crippen LogP contribution in [0.5, 0.6) is 0 Å². The van der Waals surface area contributed by atoms with Crippen molar-refractivity contribution >= 4 is 11.9 Å². The number of carboxylic acids is 1. The number of piperidine rings is 1. The first-order valence-electron chi connectivity index (χ1n) is 6.79. The summed E-state index contributed by atoms with van der Waals surface area (Å²) in [6.45, 7) is 0.525. The Labute approximate surface area is 112 Å². The Morgan fingerprint density at radius 2 is 2.11 bits per heavy atom. The Balaban J connectivity index is 2.17. The van der Waals surface area contributed by atoms with Crippen LogP contribution in [0.4, 0.5) is 0 Å². The molecule has 0 aromatic carbocycles. The summed E-state index contributed by atoms with van der Waals surface area (Å²) in [5, 5.41) is 9.21. The molecule has 1 atom stereocenters. The van der Waals surface area contributed by atoms with E-state index in [0.717, 1.165) is 25.7 Å². The van der Waals surface area contributed by atoms with E-state index in [2.05, 4.69) is 0 Å². The number of aliphatic carboxylic acids is 1. The molecule has 0 saturated carbocycles. The fourth-order valence-electron chi connectivity index (χ4n) is 2.68. The van der Waals surface area contributed by atoms with E-state index in [1.807, 2.05) is 6.08 Å². The summed E-state index contributed by atoms with van der Waals surface area (Å²) in [6.07, 6.45) is 8.29. The Morgan fingerprint density at radius 3 is 2.84 bits per heavy atom. The number of carbonyl (C=O) groups is 2. The first-order valence-corrected chi connectivity index (χ1v) is 6.79. The smallest absolute Gasteiger partial charge is 0.326 e. The number of likely N-dealkylation sites (tertiary alicyclic amines) is 1. The lowest BCUT2D eigenvalue weighted by molar-refractivity contribution is -0.150. The van der Waals surface area contributed by atoms with Crippen molar-refractivity contribution in [3.8, 4) is 0 Å². The highest BCUT2D eigenvalue weighted by atomic mass is 16.4. The van der Waals surface area contributed by atoms with Gasteiger partial charge in [0.2, 0.25) is 0 Å². The molecule has 5 heteroatoms. The number of amides is 1. The SMILES string of the molecule is NC1=CCCCC(C(=O)N2CCCCC2C(=O)O)=C1. The van der Waals surface area contributed by atoms with Gasteiger partial charge in [-0.3, -0.25) is 4.79 Å². The van der Waals surface area contributed by atoms with E-state index in [1.54, 1.807) is 6.08 Å². The molecule has 1 amide bonds. The predicted molar refractivity (Wildman–Crippen MR) is 71.2 cm³/mol. The minimum Gasteiger partial charge on any atom is -0.480 e. The highest BCUT2D eigenvalue weighted by molar-refractivity contribution is 5.96. The fourth-order valence-corrected chi connectivity index (χ4v) is 2.68. The zero-order valence-corrected chi connectivity index (χ0v) is 11.0. The van der Waals surface area contributed by atoms with Gasteiger partial charge in [0.25, 0.3) is 5.91 Å². The van der Waals surface area contributed by atoms with Crippen molar-refractivity contribution in [2.75, 3.05) is 6.54 Å². The first kappa shape index (κ1) is 13.6. The Kier molecular flexibility index (Phi) is 4.24. The second kappa shape index (κ2) is 5.91. The molecule has 1 saturated heterocycles. The van der Waals surface area contributed by atoms with Crippen molar-refractivity contribution in [3.05, 3.63) is 23.4 Å². The third kappa shape index (κ3) is 3.16. The molecule has 3 N–H and O–H groups in total. The minimum absolute atomic E-state index is 0.162. The van der Waals surface area contributed by atoms with Gasteiger partial charge in [0.1, 0.15) is 6.04 Å². The first-order chi connectivity index (χ1) is 9.09. The van der Waals surface area contributed by atoms with Gasteiger partial charge in [-0.15, -0.1) is 0 Å². The number of hydrogen-bond acceptors (Lipinski definition) is 3. The van der Waals surface area contributed by atoms with Crippen molar-refractivity contribution < 1.29 is 14.7 Å². The van der Waals surface area contributed by atoms with Crippen LogP contribution in [0.15, 0.2) is 23.4 Å². The summed E-state index contributed by atoms with van der Waals surface area (Å²) in [4.78, 5) is 25.2. The van der Waals surface area contributed by atoms with Crippen LogP contribution in [0.3, 0.4) is 0 Å². The van der Waals surface area contributed by atoms with E-state index in [-0.39, 0.29) is 5.91 Å². The zero-order chi connectivity index (χ0) is 13.8. The van der Waals surface area contributed by atoms with Gasteiger partial charge in [-0.05, 0) is 44.6 Å². The van der Waals surface area contributed by atoms with Gasteiger partial charge in [0.05, 0.1) is 0 Å². The Hall–Kier alpha value is -1.78. The normalized spacial score (nSPS) is 24.2. The van der Waals surface area contributed by atoms with E-state index >= 15 is 0 Å². The van der Waals surface area contributed by atoms with Crippen LogP contribution in [0, 0.1) is 0 Å². The maximum Gasteiger partial charge on any atom is 0.326 e. The zero-order valence-electron chi connectivity index (χ0n) is 11.0. The van der Waals surface area contributed by atoms with Crippen molar-refractivity contribution in [3.63, 3.8) is 0 Å². The topological polar surface area (TPSA) is 83.6 Å². The molecule has 1 aliphatic heterocycles. The van der Waals surface area contributed by atoms with E-state index in [4.69, 9.17) is 5.73 Å². The minimum atomic E-state index is -0.911. The number of allylic oxidation sites excluding steroid dienone is 2. The average molecular weight is 264 g/mol. The van der Waals surface area contributed by atoms with Crippen molar-refractivity contribution in [2.24, 2.45) is 5.73 Å². The molecule has 1 heterocycles. The maximum atomic E-state index is 12.5. The second-order valence-corrected chi connectivity index (χ2v) is 5.11. The van der Waals surface area contributed by atoms with Crippen molar-refractivity contribution in [2.45, 2.75) is 44.6 Å². The molecule has 0 bridgehead atoms. The third-order valence-corrected chi connectivity index (χ3v) is 3.69. The summed E-state index contributed by atoms with van der Waals surface area (Å²) in [5.41, 5.74) is 7.02. The van der Waals surface area contributed by atoms with Crippen LogP contribution in [-0.4, -0.2) is 34.5 Å². The predicted octanol–water partition coefficient (Wildman–Crippen LogP) is 1.41. The highest BCUT2D eigenvalue weighted by Crippen LogP contribution is 2.23. The van der Waals surface area contributed by atoms with Crippen LogP contribution >= 0.6 is 0 Å². The number of carboxylic acid groups (broad SMARTS) is 1. The summed E-state index contributed by atoms with van der Waals surface area (Å²) in [6, 6.07) is -0.685. The quantitative estimate of drug-likeness (QED) is 0.789. The van der Waals surface area contributed by atoms with Gasteiger partial charge in [-0.1, -0.05) is 6.08 Å². The van der Waals surface area contributed by atoms with E-state index in [1.165, 1.54) is 4.90 Å². The van der Waals surface area contributed by atoms with E-state index in [0.29, 0.717) is 30.7 Å². The Morgan fingerprint density at radius 1 is 1.32 bits per heavy atom. The van der Waals surface area contributed by atoms with Crippen LogP contribution in [0.1, 0.15) is 38.5 Å². The van der Waals surface area contributed by atoms with E-state index < -0.39 is 12.0 Å². The standard InChI is InChI=1S/C14H20N2O3/c15-11-6-2-1-5-10(9-11)13(17)16-8-4-3-7-12(16)14(18)19/h6,9,12H,1-5,7-8,15H2,(H,18,19). The van der Waals surface area contributed by atoms with Crippen LogP contribution in [0.25, 0.3) is 0 Å². The third-order valence-electron chi connectivity index (χ3n) is 3.69. The van der Waals surface area contributed by atoms with Crippen LogP contribution in [-0.2, 0) is 9.59 Å². The Bertz CT molecular complexity index is 440. The molecule has 104 valence electrons. The number of carbonyl (C=O) groups excluding carboxylic acids is 1. The summed E-state index contributed by atoms with van der Waals surface area (Å²) in [5.74, 6) is -1.07.